The van der Waals surface area contributed by atoms with Crippen LogP contribution in [0.3, 0.4) is 0 Å². The van der Waals surface area contributed by atoms with Gasteiger partial charge in [0.2, 0.25) is 5.91 Å². The van der Waals surface area contributed by atoms with E-state index in [1.807, 2.05) is 30.5 Å². The van der Waals surface area contributed by atoms with Crippen molar-refractivity contribution in [3.63, 3.8) is 0 Å². The highest BCUT2D eigenvalue weighted by Crippen LogP contribution is 2.30. The number of benzene rings is 1. The Kier molecular flexibility index (Phi) is 7.85. The van der Waals surface area contributed by atoms with E-state index < -0.39 is 0 Å². The van der Waals surface area contributed by atoms with E-state index in [1.165, 1.54) is 24.8 Å². The molecule has 5 nitrogen and oxygen atoms in total. The van der Waals surface area contributed by atoms with E-state index in [9.17, 15) is 4.79 Å². The fraction of sp³-hybridized carbons (Fsp3) is 0.478. The van der Waals surface area contributed by atoms with E-state index in [1.54, 1.807) is 13.3 Å². The Morgan fingerprint density at radius 2 is 2.00 bits per heavy atom. The standard InChI is InChI=1S/C23H31N3O2/c1-28-22-12-4-3-11-20(22)21(26-15-5-2-6-16-26)18-25-23(27)13-7-9-19-10-8-14-24-17-19/h3-4,8,10-12,14,17,21H,2,5-7,9,13,15-16,18H2,1H3,(H,25,27). The fourth-order valence-electron chi connectivity index (χ4n) is 3.91. The van der Waals surface area contributed by atoms with E-state index in [4.69, 9.17) is 4.74 Å². The molecule has 1 aliphatic heterocycles. The first kappa shape index (κ1) is 20.3. The van der Waals surface area contributed by atoms with Crippen molar-refractivity contribution in [3.8, 4) is 5.75 Å². The van der Waals surface area contributed by atoms with Gasteiger partial charge < -0.3 is 10.1 Å². The van der Waals surface area contributed by atoms with Crippen molar-refractivity contribution in [1.82, 2.24) is 15.2 Å². The van der Waals surface area contributed by atoms with Crippen LogP contribution in [-0.4, -0.2) is 42.5 Å². The number of carbonyl (C=O) groups is 1. The topological polar surface area (TPSA) is 54.5 Å². The smallest absolute Gasteiger partial charge is 0.220 e. The zero-order valence-electron chi connectivity index (χ0n) is 16.8. The van der Waals surface area contributed by atoms with Crippen molar-refractivity contribution in [2.75, 3.05) is 26.7 Å². The predicted octanol–water partition coefficient (Wildman–Crippen LogP) is 3.76. The van der Waals surface area contributed by atoms with Crippen molar-refractivity contribution < 1.29 is 9.53 Å². The zero-order valence-corrected chi connectivity index (χ0v) is 16.8. The second-order valence-electron chi connectivity index (χ2n) is 7.37. The number of amides is 1. The van der Waals surface area contributed by atoms with E-state index >= 15 is 0 Å². The van der Waals surface area contributed by atoms with E-state index in [0.717, 1.165) is 37.2 Å². The van der Waals surface area contributed by atoms with Crippen LogP contribution in [0.4, 0.5) is 0 Å². The van der Waals surface area contributed by atoms with Crippen LogP contribution < -0.4 is 10.1 Å². The van der Waals surface area contributed by atoms with Crippen molar-refractivity contribution in [2.45, 2.75) is 44.6 Å². The highest BCUT2D eigenvalue weighted by molar-refractivity contribution is 5.75. The number of pyridine rings is 1. The van der Waals surface area contributed by atoms with Crippen LogP contribution in [0.5, 0.6) is 5.75 Å². The average Bonchev–Trinajstić information content (AvgIpc) is 2.76. The number of methoxy groups -OCH3 is 1. The van der Waals surface area contributed by atoms with Crippen LogP contribution in [0.1, 0.15) is 49.3 Å². The lowest BCUT2D eigenvalue weighted by Gasteiger charge is -2.35. The molecule has 1 saturated heterocycles. The number of rotatable bonds is 9. The van der Waals surface area contributed by atoms with Gasteiger partial charge in [-0.1, -0.05) is 30.7 Å². The van der Waals surface area contributed by atoms with Crippen molar-refractivity contribution in [3.05, 3.63) is 59.9 Å². The van der Waals surface area contributed by atoms with Gasteiger partial charge in [-0.2, -0.15) is 0 Å². The van der Waals surface area contributed by atoms with Gasteiger partial charge in [-0.3, -0.25) is 14.7 Å². The van der Waals surface area contributed by atoms with Crippen LogP contribution in [-0.2, 0) is 11.2 Å². The van der Waals surface area contributed by atoms with Gasteiger partial charge in [-0.15, -0.1) is 0 Å². The molecule has 2 heterocycles. The zero-order chi connectivity index (χ0) is 19.6. The summed E-state index contributed by atoms with van der Waals surface area (Å²) < 4.78 is 5.59. The first-order chi connectivity index (χ1) is 13.8. The molecule has 1 aliphatic rings. The summed E-state index contributed by atoms with van der Waals surface area (Å²) in [6, 6.07) is 12.3. The van der Waals surface area contributed by atoms with Crippen molar-refractivity contribution in [2.24, 2.45) is 0 Å². The quantitative estimate of drug-likeness (QED) is 0.719. The van der Waals surface area contributed by atoms with Crippen LogP contribution in [0.2, 0.25) is 0 Å². The minimum atomic E-state index is 0.112. The maximum absolute atomic E-state index is 12.4. The first-order valence-electron chi connectivity index (χ1n) is 10.3. The monoisotopic (exact) mass is 381 g/mol. The summed E-state index contributed by atoms with van der Waals surface area (Å²) in [5, 5.41) is 3.16. The Hall–Kier alpha value is -2.40. The second-order valence-corrected chi connectivity index (χ2v) is 7.37. The number of nitrogens with one attached hydrogen (secondary N) is 1. The second kappa shape index (κ2) is 10.8. The Labute approximate surface area is 168 Å². The molecule has 1 unspecified atom stereocenters. The van der Waals surface area contributed by atoms with Crippen molar-refractivity contribution in [1.29, 1.82) is 0 Å². The number of hydrogen-bond acceptors (Lipinski definition) is 4. The Balaban J connectivity index is 1.57. The molecule has 3 rings (SSSR count). The van der Waals surface area contributed by atoms with E-state index in [0.29, 0.717) is 13.0 Å². The Morgan fingerprint density at radius 3 is 2.75 bits per heavy atom. The molecule has 1 aromatic carbocycles. The van der Waals surface area contributed by atoms with Crippen LogP contribution >= 0.6 is 0 Å². The molecule has 0 radical (unpaired) electrons. The molecular formula is C23H31N3O2. The van der Waals surface area contributed by atoms with Gasteiger partial charge in [0, 0.05) is 30.9 Å². The maximum atomic E-state index is 12.4. The number of aryl methyl sites for hydroxylation is 1. The molecular weight excluding hydrogens is 350 g/mol. The number of para-hydroxylation sites is 1. The third kappa shape index (κ3) is 5.80. The van der Waals surface area contributed by atoms with Gasteiger partial charge in [0.05, 0.1) is 13.2 Å². The molecule has 1 aromatic heterocycles. The molecule has 0 saturated carbocycles. The number of nitrogens with zero attached hydrogens (tertiary/aromatic N) is 2. The van der Waals surface area contributed by atoms with Crippen molar-refractivity contribution >= 4 is 5.91 Å². The SMILES string of the molecule is COc1ccccc1C(CNC(=O)CCCc1cccnc1)N1CCCCC1. The molecule has 1 amide bonds. The minimum Gasteiger partial charge on any atom is -0.496 e. The highest BCUT2D eigenvalue weighted by atomic mass is 16.5. The average molecular weight is 382 g/mol. The minimum absolute atomic E-state index is 0.112. The fourth-order valence-corrected chi connectivity index (χ4v) is 3.91. The van der Waals surface area contributed by atoms with Gasteiger partial charge in [0.15, 0.2) is 0 Å². The predicted molar refractivity (Wildman–Crippen MR) is 111 cm³/mol. The summed E-state index contributed by atoms with van der Waals surface area (Å²) >= 11 is 0. The van der Waals surface area contributed by atoms with E-state index in [-0.39, 0.29) is 11.9 Å². The Bertz CT molecular complexity index is 730. The van der Waals surface area contributed by atoms with E-state index in [2.05, 4.69) is 27.3 Å². The van der Waals surface area contributed by atoms with Gasteiger partial charge >= 0.3 is 0 Å². The van der Waals surface area contributed by atoms with Crippen LogP contribution in [0, 0.1) is 0 Å². The molecule has 5 heteroatoms. The van der Waals surface area contributed by atoms with Gasteiger partial charge in [-0.25, -0.2) is 0 Å². The normalized spacial score (nSPS) is 15.8. The highest BCUT2D eigenvalue weighted by Gasteiger charge is 2.25. The molecule has 0 spiro atoms. The molecule has 0 bridgehead atoms. The number of hydrogen-bond donors (Lipinski definition) is 1. The summed E-state index contributed by atoms with van der Waals surface area (Å²) in [5.41, 5.74) is 2.33. The van der Waals surface area contributed by atoms with Gasteiger partial charge in [-0.05, 0) is 56.5 Å². The third-order valence-corrected chi connectivity index (χ3v) is 5.41. The van der Waals surface area contributed by atoms with Crippen LogP contribution in [0.25, 0.3) is 0 Å². The summed E-state index contributed by atoms with van der Waals surface area (Å²) in [6.45, 7) is 2.76. The molecule has 2 aromatic rings. The largest absolute Gasteiger partial charge is 0.496 e. The summed E-state index contributed by atoms with van der Waals surface area (Å²) in [6.07, 6.45) is 9.60. The summed E-state index contributed by atoms with van der Waals surface area (Å²) in [5.74, 6) is 1.00. The molecule has 28 heavy (non-hydrogen) atoms. The molecule has 1 fully saturated rings. The third-order valence-electron chi connectivity index (χ3n) is 5.41. The molecule has 1 N–H and O–H groups in total. The number of ether oxygens (including phenoxy) is 1. The Morgan fingerprint density at radius 1 is 1.18 bits per heavy atom. The van der Waals surface area contributed by atoms with Gasteiger partial charge in [0.25, 0.3) is 0 Å². The lowest BCUT2D eigenvalue weighted by molar-refractivity contribution is -0.121. The first-order valence-corrected chi connectivity index (χ1v) is 10.3. The molecule has 0 aliphatic carbocycles. The maximum Gasteiger partial charge on any atom is 0.220 e. The number of likely N-dealkylation sites (tertiary alicyclic amines) is 1. The summed E-state index contributed by atoms with van der Waals surface area (Å²) in [7, 11) is 1.71. The summed E-state index contributed by atoms with van der Waals surface area (Å²) in [4.78, 5) is 19.0. The number of piperidine rings is 1. The number of aromatic nitrogens is 1. The van der Waals surface area contributed by atoms with Crippen LogP contribution in [0.15, 0.2) is 48.8 Å². The van der Waals surface area contributed by atoms with Gasteiger partial charge in [0.1, 0.15) is 5.75 Å². The molecule has 150 valence electrons. The lowest BCUT2D eigenvalue weighted by Crippen LogP contribution is -2.40. The lowest BCUT2D eigenvalue weighted by atomic mass is 10.0. The number of carbonyl (C=O) groups excluding carboxylic acids is 1. The molecule has 1 atom stereocenters.